The molecule has 1 radical (unpaired) electrons. The SMILES string of the molecule is CC(=O)N1CCCCC1C(=O)N1CC(=O)C2C1CCN2C(=O)[CH]CC(C)C(N)=O. The smallest absolute Gasteiger partial charge is 0.246 e. The highest BCUT2D eigenvalue weighted by Crippen LogP contribution is 2.32. The van der Waals surface area contributed by atoms with Crippen LogP contribution >= 0.6 is 0 Å². The van der Waals surface area contributed by atoms with E-state index in [0.717, 1.165) is 12.8 Å². The van der Waals surface area contributed by atoms with Crippen molar-refractivity contribution in [3.8, 4) is 0 Å². The first kappa shape index (κ1) is 21.3. The molecule has 3 aliphatic heterocycles. The topological polar surface area (TPSA) is 121 Å². The van der Waals surface area contributed by atoms with Crippen LogP contribution in [-0.2, 0) is 24.0 Å². The second-order valence-corrected chi connectivity index (χ2v) is 8.23. The number of carbonyl (C=O) groups is 5. The van der Waals surface area contributed by atoms with E-state index in [1.165, 1.54) is 18.2 Å². The van der Waals surface area contributed by atoms with Gasteiger partial charge < -0.3 is 20.4 Å². The summed E-state index contributed by atoms with van der Waals surface area (Å²) in [4.78, 5) is 66.2. The second kappa shape index (κ2) is 8.51. The second-order valence-electron chi connectivity index (χ2n) is 8.23. The number of hydrogen-bond donors (Lipinski definition) is 1. The van der Waals surface area contributed by atoms with Crippen LogP contribution in [0, 0.1) is 12.3 Å². The fraction of sp³-hybridized carbons (Fsp3) is 0.700. The van der Waals surface area contributed by atoms with Crippen molar-refractivity contribution in [1.29, 1.82) is 0 Å². The third kappa shape index (κ3) is 4.13. The van der Waals surface area contributed by atoms with Gasteiger partial charge in [-0.15, -0.1) is 0 Å². The lowest BCUT2D eigenvalue weighted by Crippen LogP contribution is -2.54. The van der Waals surface area contributed by atoms with Gasteiger partial charge in [0.2, 0.25) is 23.6 Å². The fourth-order valence-electron chi connectivity index (χ4n) is 4.63. The monoisotopic (exact) mass is 405 g/mol. The molecule has 29 heavy (non-hydrogen) atoms. The molecule has 3 aliphatic rings. The molecule has 0 aromatic carbocycles. The van der Waals surface area contributed by atoms with Crippen LogP contribution in [0.15, 0.2) is 0 Å². The summed E-state index contributed by atoms with van der Waals surface area (Å²) in [7, 11) is 0. The molecular formula is C20H29N4O5. The summed E-state index contributed by atoms with van der Waals surface area (Å²) < 4.78 is 0. The number of primary amides is 1. The summed E-state index contributed by atoms with van der Waals surface area (Å²) in [6.07, 6.45) is 4.48. The van der Waals surface area contributed by atoms with E-state index < -0.39 is 23.9 Å². The van der Waals surface area contributed by atoms with Gasteiger partial charge in [-0.05, 0) is 32.1 Å². The molecule has 0 saturated carbocycles. The predicted molar refractivity (Wildman–Crippen MR) is 103 cm³/mol. The largest absolute Gasteiger partial charge is 0.369 e. The summed E-state index contributed by atoms with van der Waals surface area (Å²) in [5.41, 5.74) is 5.23. The van der Waals surface area contributed by atoms with Crippen LogP contribution in [0.2, 0.25) is 0 Å². The van der Waals surface area contributed by atoms with E-state index in [-0.39, 0.29) is 42.5 Å². The Balaban J connectivity index is 1.68. The Morgan fingerprint density at radius 1 is 1.10 bits per heavy atom. The minimum Gasteiger partial charge on any atom is -0.369 e. The van der Waals surface area contributed by atoms with Crippen LogP contribution in [0.25, 0.3) is 0 Å². The lowest BCUT2D eigenvalue weighted by atomic mass is 10.00. The van der Waals surface area contributed by atoms with Crippen LogP contribution in [0.5, 0.6) is 0 Å². The van der Waals surface area contributed by atoms with Crippen LogP contribution in [-0.4, -0.2) is 81.9 Å². The van der Waals surface area contributed by atoms with Crippen LogP contribution in [0.4, 0.5) is 0 Å². The van der Waals surface area contributed by atoms with Gasteiger partial charge in [0.25, 0.3) is 0 Å². The van der Waals surface area contributed by atoms with Gasteiger partial charge in [-0.25, -0.2) is 0 Å². The van der Waals surface area contributed by atoms with Gasteiger partial charge >= 0.3 is 0 Å². The first-order chi connectivity index (χ1) is 13.7. The van der Waals surface area contributed by atoms with Crippen molar-refractivity contribution in [2.45, 2.75) is 64.1 Å². The zero-order valence-electron chi connectivity index (χ0n) is 17.0. The maximum Gasteiger partial charge on any atom is 0.246 e. The number of rotatable bonds is 5. The standard InChI is InChI=1S/C20H29N4O5/c1-12(19(21)28)6-7-17(27)23-10-8-14-18(23)16(26)11-24(14)20(29)15-5-3-4-9-22(15)13(2)25/h7,12,14-15,18H,3-6,8-11H2,1-2H3,(H2,21,28). The Hall–Kier alpha value is -2.45. The molecule has 0 aromatic heterocycles. The molecule has 3 heterocycles. The molecule has 0 aromatic rings. The average Bonchev–Trinajstić information content (AvgIpc) is 3.26. The van der Waals surface area contributed by atoms with E-state index in [0.29, 0.717) is 25.9 Å². The van der Waals surface area contributed by atoms with Crippen molar-refractivity contribution in [1.82, 2.24) is 14.7 Å². The van der Waals surface area contributed by atoms with Crippen molar-refractivity contribution in [2.75, 3.05) is 19.6 Å². The van der Waals surface area contributed by atoms with Crippen molar-refractivity contribution < 1.29 is 24.0 Å². The Morgan fingerprint density at radius 2 is 1.83 bits per heavy atom. The third-order valence-electron chi connectivity index (χ3n) is 6.31. The Bertz CT molecular complexity index is 724. The predicted octanol–water partition coefficient (Wildman–Crippen LogP) is -0.516. The quantitative estimate of drug-likeness (QED) is 0.660. The lowest BCUT2D eigenvalue weighted by molar-refractivity contribution is -0.147. The van der Waals surface area contributed by atoms with Crippen LogP contribution in [0.1, 0.15) is 46.0 Å². The van der Waals surface area contributed by atoms with Crippen molar-refractivity contribution in [3.63, 3.8) is 0 Å². The molecular weight excluding hydrogens is 376 g/mol. The number of nitrogens with zero attached hydrogens (tertiary/aromatic N) is 3. The zero-order chi connectivity index (χ0) is 21.3. The van der Waals surface area contributed by atoms with Gasteiger partial charge in [0.05, 0.1) is 19.0 Å². The maximum absolute atomic E-state index is 13.2. The summed E-state index contributed by atoms with van der Waals surface area (Å²) in [6.45, 7) is 4.01. The molecule has 0 aliphatic carbocycles. The van der Waals surface area contributed by atoms with E-state index in [4.69, 9.17) is 5.73 Å². The summed E-state index contributed by atoms with van der Waals surface area (Å²) >= 11 is 0. The molecule has 2 N–H and O–H groups in total. The number of carbonyl (C=O) groups excluding carboxylic acids is 5. The third-order valence-corrected chi connectivity index (χ3v) is 6.31. The number of nitrogens with two attached hydrogens (primary N) is 1. The van der Waals surface area contributed by atoms with Crippen molar-refractivity contribution in [2.24, 2.45) is 11.7 Å². The van der Waals surface area contributed by atoms with Gasteiger partial charge in [-0.1, -0.05) is 6.92 Å². The van der Waals surface area contributed by atoms with Gasteiger partial charge in [-0.2, -0.15) is 0 Å². The molecule has 9 nitrogen and oxygen atoms in total. The van der Waals surface area contributed by atoms with Gasteiger partial charge in [-0.3, -0.25) is 24.0 Å². The highest BCUT2D eigenvalue weighted by atomic mass is 16.2. The normalized spacial score (nSPS) is 27.7. The van der Waals surface area contributed by atoms with Crippen LogP contribution in [0.3, 0.4) is 0 Å². The Labute approximate surface area is 170 Å². The molecule has 4 unspecified atom stereocenters. The number of likely N-dealkylation sites (tertiary alicyclic amines) is 3. The van der Waals surface area contributed by atoms with E-state index in [1.807, 2.05) is 0 Å². The summed E-state index contributed by atoms with van der Waals surface area (Å²) in [6, 6.07) is -1.53. The Morgan fingerprint density at radius 3 is 2.48 bits per heavy atom. The number of amides is 4. The van der Waals surface area contributed by atoms with Crippen molar-refractivity contribution in [3.05, 3.63) is 6.42 Å². The number of piperidine rings is 1. The van der Waals surface area contributed by atoms with E-state index in [9.17, 15) is 24.0 Å². The molecule has 0 bridgehead atoms. The molecule has 4 atom stereocenters. The first-order valence-corrected chi connectivity index (χ1v) is 10.3. The number of fused-ring (bicyclic) bond motifs is 1. The highest BCUT2D eigenvalue weighted by molar-refractivity contribution is 6.00. The average molecular weight is 405 g/mol. The molecule has 4 amide bonds. The maximum atomic E-state index is 13.2. The molecule has 3 rings (SSSR count). The first-order valence-electron chi connectivity index (χ1n) is 10.3. The zero-order valence-corrected chi connectivity index (χ0v) is 17.0. The molecule has 9 heteroatoms. The van der Waals surface area contributed by atoms with Gasteiger partial charge in [0, 0.05) is 25.9 Å². The molecule has 3 fully saturated rings. The van der Waals surface area contributed by atoms with E-state index in [1.54, 1.807) is 16.7 Å². The fourth-order valence-corrected chi connectivity index (χ4v) is 4.63. The van der Waals surface area contributed by atoms with Crippen LogP contribution < -0.4 is 5.73 Å². The highest BCUT2D eigenvalue weighted by Gasteiger charge is 2.52. The van der Waals surface area contributed by atoms with Gasteiger partial charge in [0.1, 0.15) is 12.1 Å². The Kier molecular flexibility index (Phi) is 6.24. The summed E-state index contributed by atoms with van der Waals surface area (Å²) in [5.74, 6) is -1.73. The number of ketones is 1. The molecule has 0 spiro atoms. The number of Topliss-reactive ketones (excluding diaryl/α,β-unsaturated/α-hetero) is 1. The van der Waals surface area contributed by atoms with E-state index >= 15 is 0 Å². The lowest BCUT2D eigenvalue weighted by Gasteiger charge is -2.37. The minimum atomic E-state index is -0.652. The van der Waals surface area contributed by atoms with Crippen molar-refractivity contribution >= 4 is 29.4 Å². The minimum absolute atomic E-state index is 0.0299. The van der Waals surface area contributed by atoms with E-state index in [2.05, 4.69) is 0 Å². The molecule has 159 valence electrons. The van der Waals surface area contributed by atoms with Gasteiger partial charge in [0.15, 0.2) is 5.78 Å². The number of hydrogen-bond acceptors (Lipinski definition) is 5. The summed E-state index contributed by atoms with van der Waals surface area (Å²) in [5, 5.41) is 0. The molecule has 3 saturated heterocycles.